The minimum atomic E-state index is -0.613. The molecule has 5 nitrogen and oxygen atoms in total. The number of carbonyl (C=O) groups is 2. The van der Waals surface area contributed by atoms with Gasteiger partial charge in [-0.25, -0.2) is 4.79 Å². The molecular formula is C19H19Cl2NO4. The first-order chi connectivity index (χ1) is 12.3. The molecular weight excluding hydrogens is 377 g/mol. The molecule has 2 aromatic carbocycles. The minimum Gasteiger partial charge on any atom is -0.491 e. The van der Waals surface area contributed by atoms with Crippen molar-refractivity contribution < 1.29 is 19.1 Å². The normalized spacial score (nSPS) is 10.5. The summed E-state index contributed by atoms with van der Waals surface area (Å²) in [6.07, 6.45) is 0.0387. The van der Waals surface area contributed by atoms with Crippen molar-refractivity contribution in [3.63, 3.8) is 0 Å². The standard InChI is InChI=1S/C19H19Cl2NO4/c1-11(2)26-14-7-5-13(6-8-14)19(24)25-10-16(23)22-18-15(20)9-4-12(3)17(18)21/h4-9,11H,10H2,1-3H3,(H,22,23). The number of benzene rings is 2. The van der Waals surface area contributed by atoms with Crippen LogP contribution in [0.5, 0.6) is 5.75 Å². The molecule has 138 valence electrons. The lowest BCUT2D eigenvalue weighted by atomic mass is 10.2. The molecule has 0 saturated heterocycles. The molecule has 0 fully saturated rings. The monoisotopic (exact) mass is 395 g/mol. The van der Waals surface area contributed by atoms with Crippen LogP contribution in [-0.4, -0.2) is 24.6 Å². The molecule has 0 heterocycles. The Bertz CT molecular complexity index is 804. The van der Waals surface area contributed by atoms with E-state index in [-0.39, 0.29) is 6.10 Å². The van der Waals surface area contributed by atoms with Crippen LogP contribution in [-0.2, 0) is 9.53 Å². The van der Waals surface area contributed by atoms with Crippen LogP contribution < -0.4 is 10.1 Å². The molecule has 0 aliphatic heterocycles. The third kappa shape index (κ3) is 5.38. The molecule has 0 atom stereocenters. The van der Waals surface area contributed by atoms with E-state index in [0.29, 0.717) is 27.0 Å². The van der Waals surface area contributed by atoms with Crippen molar-refractivity contribution in [2.45, 2.75) is 26.9 Å². The quantitative estimate of drug-likeness (QED) is 0.707. The summed E-state index contributed by atoms with van der Waals surface area (Å²) >= 11 is 12.2. The van der Waals surface area contributed by atoms with Gasteiger partial charge < -0.3 is 14.8 Å². The molecule has 0 unspecified atom stereocenters. The molecule has 7 heteroatoms. The van der Waals surface area contributed by atoms with Gasteiger partial charge in [-0.1, -0.05) is 29.3 Å². The highest BCUT2D eigenvalue weighted by Gasteiger charge is 2.14. The van der Waals surface area contributed by atoms with Gasteiger partial charge >= 0.3 is 5.97 Å². The maximum Gasteiger partial charge on any atom is 0.338 e. The molecule has 0 radical (unpaired) electrons. The van der Waals surface area contributed by atoms with Gasteiger partial charge in [0.05, 0.1) is 27.4 Å². The predicted molar refractivity (Wildman–Crippen MR) is 102 cm³/mol. The zero-order valence-corrected chi connectivity index (χ0v) is 16.1. The Morgan fingerprint density at radius 3 is 2.35 bits per heavy atom. The van der Waals surface area contributed by atoms with E-state index in [2.05, 4.69) is 5.32 Å². The maximum atomic E-state index is 12.0. The van der Waals surface area contributed by atoms with Gasteiger partial charge in [0.25, 0.3) is 5.91 Å². The number of halogens is 2. The topological polar surface area (TPSA) is 64.6 Å². The molecule has 2 rings (SSSR count). The van der Waals surface area contributed by atoms with E-state index in [1.165, 1.54) is 0 Å². The largest absolute Gasteiger partial charge is 0.491 e. The van der Waals surface area contributed by atoms with Crippen LogP contribution in [0.15, 0.2) is 36.4 Å². The summed E-state index contributed by atoms with van der Waals surface area (Å²) in [6.45, 7) is 5.16. The van der Waals surface area contributed by atoms with Crippen LogP contribution in [0.2, 0.25) is 10.0 Å². The number of rotatable bonds is 6. The summed E-state index contributed by atoms with van der Waals surface area (Å²) in [4.78, 5) is 24.0. The summed E-state index contributed by atoms with van der Waals surface area (Å²) in [5.74, 6) is -0.497. The zero-order valence-electron chi connectivity index (χ0n) is 14.6. The van der Waals surface area contributed by atoms with Gasteiger partial charge in [-0.3, -0.25) is 4.79 Å². The molecule has 1 amide bonds. The lowest BCUT2D eigenvalue weighted by Crippen LogP contribution is -2.21. The number of hydrogen-bond acceptors (Lipinski definition) is 4. The molecule has 1 N–H and O–H groups in total. The second-order valence-corrected chi connectivity index (χ2v) is 6.65. The molecule has 0 aliphatic carbocycles. The van der Waals surface area contributed by atoms with Crippen LogP contribution in [0.1, 0.15) is 29.8 Å². The van der Waals surface area contributed by atoms with Crippen molar-refractivity contribution in [1.82, 2.24) is 0 Å². The Morgan fingerprint density at radius 2 is 1.73 bits per heavy atom. The second-order valence-electron chi connectivity index (χ2n) is 5.87. The molecule has 0 bridgehead atoms. The van der Waals surface area contributed by atoms with Crippen molar-refractivity contribution in [1.29, 1.82) is 0 Å². The number of aryl methyl sites for hydroxylation is 1. The van der Waals surface area contributed by atoms with E-state index in [1.807, 2.05) is 13.8 Å². The molecule has 0 saturated carbocycles. The van der Waals surface area contributed by atoms with Gasteiger partial charge in [0, 0.05) is 0 Å². The first-order valence-corrected chi connectivity index (χ1v) is 8.72. The fourth-order valence-electron chi connectivity index (χ4n) is 2.10. The van der Waals surface area contributed by atoms with E-state index in [0.717, 1.165) is 5.56 Å². The maximum absolute atomic E-state index is 12.0. The van der Waals surface area contributed by atoms with Gasteiger partial charge in [0.15, 0.2) is 6.61 Å². The SMILES string of the molecule is Cc1ccc(Cl)c(NC(=O)COC(=O)c2ccc(OC(C)C)cc2)c1Cl. The number of nitrogens with one attached hydrogen (secondary N) is 1. The van der Waals surface area contributed by atoms with Crippen LogP contribution in [0.4, 0.5) is 5.69 Å². The van der Waals surface area contributed by atoms with Crippen molar-refractivity contribution in [2.75, 3.05) is 11.9 Å². The number of hydrogen-bond donors (Lipinski definition) is 1. The molecule has 0 aliphatic rings. The fraction of sp³-hybridized carbons (Fsp3) is 0.263. The van der Waals surface area contributed by atoms with Crippen LogP contribution in [0, 0.1) is 6.92 Å². The smallest absolute Gasteiger partial charge is 0.338 e. The highest BCUT2D eigenvalue weighted by atomic mass is 35.5. The van der Waals surface area contributed by atoms with E-state index < -0.39 is 18.5 Å². The van der Waals surface area contributed by atoms with Gasteiger partial charge in [-0.2, -0.15) is 0 Å². The van der Waals surface area contributed by atoms with Gasteiger partial charge in [-0.15, -0.1) is 0 Å². The first kappa shape index (κ1) is 20.1. The number of carbonyl (C=O) groups excluding carboxylic acids is 2. The van der Waals surface area contributed by atoms with Gasteiger partial charge in [-0.05, 0) is 56.7 Å². The second kappa shape index (κ2) is 8.92. The summed E-state index contributed by atoms with van der Waals surface area (Å²) in [6, 6.07) is 9.86. The van der Waals surface area contributed by atoms with E-state index in [4.69, 9.17) is 32.7 Å². The number of anilines is 1. The van der Waals surface area contributed by atoms with Crippen molar-refractivity contribution in [3.8, 4) is 5.75 Å². The summed E-state index contributed by atoms with van der Waals surface area (Å²) < 4.78 is 10.5. The number of ether oxygens (including phenoxy) is 2. The lowest BCUT2D eigenvalue weighted by molar-refractivity contribution is -0.119. The first-order valence-electron chi connectivity index (χ1n) is 7.96. The highest BCUT2D eigenvalue weighted by molar-refractivity contribution is 6.40. The molecule has 26 heavy (non-hydrogen) atoms. The average molecular weight is 396 g/mol. The Kier molecular flexibility index (Phi) is 6.89. The van der Waals surface area contributed by atoms with E-state index in [1.54, 1.807) is 43.3 Å². The number of amides is 1. The van der Waals surface area contributed by atoms with E-state index >= 15 is 0 Å². The van der Waals surface area contributed by atoms with Crippen molar-refractivity contribution >= 4 is 40.8 Å². The Balaban J connectivity index is 1.93. The molecule has 0 spiro atoms. The average Bonchev–Trinajstić information content (AvgIpc) is 2.60. The Labute approximate surface area is 162 Å². The molecule has 2 aromatic rings. The van der Waals surface area contributed by atoms with Gasteiger partial charge in [0.1, 0.15) is 5.75 Å². The lowest BCUT2D eigenvalue weighted by Gasteiger charge is -2.12. The van der Waals surface area contributed by atoms with Crippen LogP contribution in [0.25, 0.3) is 0 Å². The van der Waals surface area contributed by atoms with Crippen molar-refractivity contribution in [3.05, 3.63) is 57.6 Å². The Hall–Kier alpha value is -2.24. The summed E-state index contributed by atoms with van der Waals surface area (Å²) in [5.41, 5.74) is 1.39. The van der Waals surface area contributed by atoms with E-state index in [9.17, 15) is 9.59 Å². The van der Waals surface area contributed by atoms with Crippen molar-refractivity contribution in [2.24, 2.45) is 0 Å². The van der Waals surface area contributed by atoms with Crippen LogP contribution >= 0.6 is 23.2 Å². The highest BCUT2D eigenvalue weighted by Crippen LogP contribution is 2.32. The van der Waals surface area contributed by atoms with Gasteiger partial charge in [0.2, 0.25) is 0 Å². The zero-order chi connectivity index (χ0) is 19.3. The fourth-order valence-corrected chi connectivity index (χ4v) is 2.57. The summed E-state index contributed by atoms with van der Waals surface area (Å²) in [7, 11) is 0. The number of esters is 1. The minimum absolute atomic E-state index is 0.0387. The molecule has 0 aromatic heterocycles. The van der Waals surface area contributed by atoms with Crippen LogP contribution in [0.3, 0.4) is 0 Å². The third-order valence-corrected chi connectivity index (χ3v) is 4.15. The Morgan fingerprint density at radius 1 is 1.08 bits per heavy atom. The third-order valence-electron chi connectivity index (χ3n) is 3.34. The predicted octanol–water partition coefficient (Wildman–Crippen LogP) is 4.88. The summed E-state index contributed by atoms with van der Waals surface area (Å²) in [5, 5.41) is 3.21.